The Kier molecular flexibility index (Phi) is 4.04. The second-order valence-electron chi connectivity index (χ2n) is 3.92. The van der Waals surface area contributed by atoms with Gasteiger partial charge in [0.15, 0.2) is 0 Å². The Hall–Kier alpha value is -1.63. The van der Waals surface area contributed by atoms with Crippen LogP contribution in [0.15, 0.2) is 36.4 Å². The molecule has 2 aromatic carbocycles. The van der Waals surface area contributed by atoms with Gasteiger partial charge in [-0.2, -0.15) is 0 Å². The van der Waals surface area contributed by atoms with Crippen LogP contribution in [0.1, 0.15) is 10.4 Å². The number of nitrogens with two attached hydrogens (primary N) is 1. The van der Waals surface area contributed by atoms with E-state index in [-0.39, 0.29) is 5.82 Å². The second-order valence-corrected chi connectivity index (χ2v) is 5.08. The molecular formula is C14H11FINO2. The van der Waals surface area contributed by atoms with E-state index < -0.39 is 5.97 Å². The zero-order valence-electron chi connectivity index (χ0n) is 10.1. The van der Waals surface area contributed by atoms with E-state index in [1.165, 1.54) is 19.2 Å². The summed E-state index contributed by atoms with van der Waals surface area (Å²) in [4.78, 5) is 11.5. The van der Waals surface area contributed by atoms with Gasteiger partial charge in [-0.05, 0) is 58.0 Å². The van der Waals surface area contributed by atoms with Crippen molar-refractivity contribution < 1.29 is 13.9 Å². The number of hydrogen-bond donors (Lipinski definition) is 1. The van der Waals surface area contributed by atoms with Crippen LogP contribution in [0.3, 0.4) is 0 Å². The molecule has 0 heterocycles. The number of esters is 1. The van der Waals surface area contributed by atoms with Gasteiger partial charge >= 0.3 is 5.97 Å². The molecule has 0 spiro atoms. The van der Waals surface area contributed by atoms with Crippen molar-refractivity contribution >= 4 is 34.2 Å². The number of methoxy groups -OCH3 is 1. The zero-order valence-corrected chi connectivity index (χ0v) is 12.3. The fourth-order valence-electron chi connectivity index (χ4n) is 1.73. The second kappa shape index (κ2) is 5.56. The Morgan fingerprint density at radius 1 is 1.26 bits per heavy atom. The van der Waals surface area contributed by atoms with E-state index in [0.29, 0.717) is 11.3 Å². The molecule has 0 bridgehead atoms. The van der Waals surface area contributed by atoms with E-state index in [4.69, 9.17) is 5.73 Å². The molecule has 0 amide bonds. The van der Waals surface area contributed by atoms with Gasteiger partial charge in [0.05, 0.1) is 12.7 Å². The topological polar surface area (TPSA) is 52.3 Å². The lowest BCUT2D eigenvalue weighted by atomic mass is 10.0. The van der Waals surface area contributed by atoms with E-state index in [9.17, 15) is 9.18 Å². The fourth-order valence-corrected chi connectivity index (χ4v) is 2.51. The lowest BCUT2D eigenvalue weighted by Gasteiger charge is -2.10. The van der Waals surface area contributed by atoms with Crippen molar-refractivity contribution in [2.24, 2.45) is 0 Å². The normalized spacial score (nSPS) is 10.3. The van der Waals surface area contributed by atoms with Gasteiger partial charge in [0.25, 0.3) is 0 Å². The van der Waals surface area contributed by atoms with Gasteiger partial charge in [-0.25, -0.2) is 9.18 Å². The first kappa shape index (κ1) is 13.8. The summed E-state index contributed by atoms with van der Waals surface area (Å²) < 4.78 is 18.4. The molecule has 2 rings (SSSR count). The molecule has 2 aromatic rings. The van der Waals surface area contributed by atoms with Crippen LogP contribution < -0.4 is 5.73 Å². The number of nitrogen functional groups attached to an aromatic ring is 1. The Morgan fingerprint density at radius 2 is 1.89 bits per heavy atom. The number of carbonyl (C=O) groups excluding carboxylic acids is 1. The molecule has 5 heteroatoms. The number of halogens is 2. The van der Waals surface area contributed by atoms with Crippen LogP contribution in [0.4, 0.5) is 10.1 Å². The summed E-state index contributed by atoms with van der Waals surface area (Å²) in [6.45, 7) is 0. The first-order valence-corrected chi connectivity index (χ1v) is 6.54. The van der Waals surface area contributed by atoms with Crippen molar-refractivity contribution in [3.8, 4) is 11.1 Å². The fraction of sp³-hybridized carbons (Fsp3) is 0.0714. The highest BCUT2D eigenvalue weighted by atomic mass is 127. The average Bonchev–Trinajstić information content (AvgIpc) is 2.41. The highest BCUT2D eigenvalue weighted by Crippen LogP contribution is 2.30. The maximum absolute atomic E-state index is 12.9. The summed E-state index contributed by atoms with van der Waals surface area (Å²) in [7, 11) is 1.31. The van der Waals surface area contributed by atoms with Crippen LogP contribution in [0.5, 0.6) is 0 Å². The molecule has 3 nitrogen and oxygen atoms in total. The van der Waals surface area contributed by atoms with Crippen molar-refractivity contribution in [3.05, 3.63) is 51.3 Å². The number of benzene rings is 2. The molecule has 0 aliphatic carbocycles. The molecule has 0 fully saturated rings. The third kappa shape index (κ3) is 2.86. The summed E-state index contributed by atoms with van der Waals surface area (Å²) in [5.41, 5.74) is 8.22. The highest BCUT2D eigenvalue weighted by molar-refractivity contribution is 14.1. The van der Waals surface area contributed by atoms with Crippen molar-refractivity contribution in [2.75, 3.05) is 12.8 Å². The van der Waals surface area contributed by atoms with E-state index >= 15 is 0 Å². The first-order chi connectivity index (χ1) is 9.02. The SMILES string of the molecule is COC(=O)c1cc(I)c(-c2ccc(F)cc2)cc1N. The standard InChI is InChI=1S/C14H11FINO2/c1-19-14(18)11-6-12(16)10(7-13(11)17)8-2-4-9(15)5-3-8/h2-7H,17H2,1H3. The molecule has 19 heavy (non-hydrogen) atoms. The van der Waals surface area contributed by atoms with Crippen molar-refractivity contribution in [1.82, 2.24) is 0 Å². The third-order valence-corrected chi connectivity index (χ3v) is 3.59. The minimum absolute atomic E-state index is 0.294. The predicted octanol–water partition coefficient (Wildman–Crippen LogP) is 3.47. The maximum atomic E-state index is 12.9. The average molecular weight is 371 g/mol. The van der Waals surface area contributed by atoms with E-state index in [1.807, 2.05) is 0 Å². The van der Waals surface area contributed by atoms with Gasteiger partial charge in [0.1, 0.15) is 5.82 Å². The quantitative estimate of drug-likeness (QED) is 0.500. The van der Waals surface area contributed by atoms with Gasteiger partial charge in [-0.3, -0.25) is 0 Å². The number of ether oxygens (including phenoxy) is 1. The number of carbonyl (C=O) groups is 1. The Bertz CT molecular complexity index is 626. The van der Waals surface area contributed by atoms with Crippen LogP contribution in [-0.2, 0) is 4.74 Å². The molecule has 0 atom stereocenters. The molecule has 0 aromatic heterocycles. The summed E-state index contributed by atoms with van der Waals surface area (Å²) in [6, 6.07) is 9.47. The summed E-state index contributed by atoms with van der Waals surface area (Å²) >= 11 is 2.11. The lowest BCUT2D eigenvalue weighted by Crippen LogP contribution is -2.06. The van der Waals surface area contributed by atoms with Crippen molar-refractivity contribution in [1.29, 1.82) is 0 Å². The zero-order chi connectivity index (χ0) is 14.0. The van der Waals surface area contributed by atoms with Gasteiger partial charge in [-0.15, -0.1) is 0 Å². The first-order valence-electron chi connectivity index (χ1n) is 5.46. The van der Waals surface area contributed by atoms with Gasteiger partial charge < -0.3 is 10.5 Å². The summed E-state index contributed by atoms with van der Waals surface area (Å²) in [6.07, 6.45) is 0. The Morgan fingerprint density at radius 3 is 2.47 bits per heavy atom. The van der Waals surface area contributed by atoms with E-state index in [2.05, 4.69) is 27.3 Å². The van der Waals surface area contributed by atoms with Crippen LogP contribution in [0, 0.1) is 9.39 Å². The number of hydrogen-bond acceptors (Lipinski definition) is 3. The molecule has 0 aliphatic rings. The molecule has 0 saturated carbocycles. The number of anilines is 1. The van der Waals surface area contributed by atoms with Crippen LogP contribution >= 0.6 is 22.6 Å². The van der Waals surface area contributed by atoms with E-state index in [1.54, 1.807) is 24.3 Å². The molecule has 0 saturated heterocycles. The summed E-state index contributed by atoms with van der Waals surface area (Å²) in [5.74, 6) is -0.765. The molecule has 2 N–H and O–H groups in total. The van der Waals surface area contributed by atoms with Crippen LogP contribution in [0.2, 0.25) is 0 Å². The molecular weight excluding hydrogens is 360 g/mol. The smallest absolute Gasteiger partial charge is 0.339 e. The van der Waals surface area contributed by atoms with E-state index in [0.717, 1.165) is 14.7 Å². The van der Waals surface area contributed by atoms with Gasteiger partial charge in [0.2, 0.25) is 0 Å². The van der Waals surface area contributed by atoms with Crippen molar-refractivity contribution in [3.63, 3.8) is 0 Å². The van der Waals surface area contributed by atoms with Gasteiger partial charge in [-0.1, -0.05) is 12.1 Å². The van der Waals surface area contributed by atoms with Crippen molar-refractivity contribution in [2.45, 2.75) is 0 Å². The molecule has 98 valence electrons. The molecule has 0 unspecified atom stereocenters. The number of rotatable bonds is 2. The maximum Gasteiger partial charge on any atom is 0.339 e. The predicted molar refractivity (Wildman–Crippen MR) is 80.3 cm³/mol. The largest absolute Gasteiger partial charge is 0.465 e. The van der Waals surface area contributed by atoms with Gasteiger partial charge in [0, 0.05) is 9.26 Å². The van der Waals surface area contributed by atoms with Crippen LogP contribution in [0.25, 0.3) is 11.1 Å². The minimum Gasteiger partial charge on any atom is -0.465 e. The third-order valence-electron chi connectivity index (χ3n) is 2.70. The monoisotopic (exact) mass is 371 g/mol. The Balaban J connectivity index is 2.52. The van der Waals surface area contributed by atoms with Crippen LogP contribution in [-0.4, -0.2) is 13.1 Å². The molecule has 0 aliphatic heterocycles. The lowest BCUT2D eigenvalue weighted by molar-refractivity contribution is 0.0602. The molecule has 0 radical (unpaired) electrons. The highest BCUT2D eigenvalue weighted by Gasteiger charge is 2.14. The Labute approximate surface area is 123 Å². The minimum atomic E-state index is -0.471. The summed E-state index contributed by atoms with van der Waals surface area (Å²) in [5, 5.41) is 0.